The molecule has 0 bridgehead atoms. The Morgan fingerprint density at radius 1 is 1.67 bits per heavy atom. The Morgan fingerprint density at radius 2 is 2.27 bits per heavy atom. The summed E-state index contributed by atoms with van der Waals surface area (Å²) in [6, 6.07) is 1.15. The fraction of sp³-hybridized carbons (Fsp3) is 0.286. The van der Waals surface area contributed by atoms with E-state index in [-0.39, 0.29) is 10.4 Å². The second-order valence-electron chi connectivity index (χ2n) is 2.44. The number of hydrogen-bond donors (Lipinski definition) is 0. The fourth-order valence-corrected chi connectivity index (χ4v) is 1.48. The van der Waals surface area contributed by atoms with Crippen molar-refractivity contribution in [2.45, 2.75) is 6.43 Å². The molecule has 0 N–H and O–H groups in total. The lowest BCUT2D eigenvalue weighted by Crippen LogP contribution is -2.02. The first-order chi connectivity index (χ1) is 6.97. The van der Waals surface area contributed by atoms with E-state index in [0.717, 1.165) is 6.07 Å². The summed E-state index contributed by atoms with van der Waals surface area (Å²) in [7, 11) is 1.24. The quantitative estimate of drug-likeness (QED) is 0.632. The topological polar surface area (TPSA) is 65.3 Å². The summed E-state index contributed by atoms with van der Waals surface area (Å²) in [5, 5.41) is 10.5. The van der Waals surface area contributed by atoms with Gasteiger partial charge in [0, 0.05) is 15.5 Å². The molecule has 1 aromatic rings. The summed E-state index contributed by atoms with van der Waals surface area (Å²) in [5.41, 5.74) is -0.749. The average Bonchev–Trinajstić information content (AvgIpc) is 2.15. The molecule has 0 radical (unpaired) electrons. The van der Waals surface area contributed by atoms with Crippen LogP contribution in [0.3, 0.4) is 0 Å². The Bertz CT molecular complexity index is 400. The Kier molecular flexibility index (Phi) is 3.51. The minimum atomic E-state index is -2.97. The van der Waals surface area contributed by atoms with E-state index in [4.69, 9.17) is 0 Å². The van der Waals surface area contributed by atoms with Crippen molar-refractivity contribution in [3.05, 3.63) is 26.2 Å². The van der Waals surface area contributed by atoms with Crippen LogP contribution >= 0.6 is 15.9 Å². The van der Waals surface area contributed by atoms with E-state index in [1.54, 1.807) is 0 Å². The van der Waals surface area contributed by atoms with Gasteiger partial charge >= 0.3 is 11.7 Å². The molecule has 15 heavy (non-hydrogen) atoms. The molecule has 0 unspecified atom stereocenters. The predicted molar refractivity (Wildman–Crippen MR) is 50.1 cm³/mol. The molecule has 82 valence electrons. The van der Waals surface area contributed by atoms with Gasteiger partial charge in [-0.2, -0.15) is 0 Å². The first-order valence-corrected chi connectivity index (χ1v) is 4.43. The minimum Gasteiger partial charge on any atom is -0.463 e. The molecule has 8 heteroatoms. The second kappa shape index (κ2) is 4.47. The lowest BCUT2D eigenvalue weighted by atomic mass is 10.2. The first-order valence-electron chi connectivity index (χ1n) is 3.64. The molecule has 1 heterocycles. The SMILES string of the molecule is COc1cc(Br)c(C(F)F)c([N+](=O)[O-])n1. The van der Waals surface area contributed by atoms with Crippen LogP contribution in [-0.2, 0) is 0 Å². The van der Waals surface area contributed by atoms with Gasteiger partial charge in [0.15, 0.2) is 0 Å². The van der Waals surface area contributed by atoms with Crippen molar-refractivity contribution in [3.63, 3.8) is 0 Å². The number of halogens is 3. The Labute approximate surface area is 91.3 Å². The molecular formula is C7H5BrF2N2O3. The average molecular weight is 283 g/mol. The van der Waals surface area contributed by atoms with E-state index in [0.29, 0.717) is 0 Å². The number of aromatic nitrogens is 1. The van der Waals surface area contributed by atoms with Crippen LogP contribution in [0.2, 0.25) is 0 Å². The number of pyridine rings is 1. The van der Waals surface area contributed by atoms with Gasteiger partial charge in [-0.05, 0) is 20.9 Å². The minimum absolute atomic E-state index is 0.0991. The largest absolute Gasteiger partial charge is 0.463 e. The third-order valence-corrected chi connectivity index (χ3v) is 2.22. The molecule has 1 aromatic heterocycles. The third-order valence-electron chi connectivity index (χ3n) is 1.56. The van der Waals surface area contributed by atoms with Gasteiger partial charge in [0.05, 0.1) is 7.11 Å². The molecule has 0 aliphatic carbocycles. The number of methoxy groups -OCH3 is 1. The fourth-order valence-electron chi connectivity index (χ4n) is 0.935. The molecule has 0 amide bonds. The lowest BCUT2D eigenvalue weighted by molar-refractivity contribution is -0.391. The van der Waals surface area contributed by atoms with Crippen molar-refractivity contribution in [1.29, 1.82) is 0 Å². The van der Waals surface area contributed by atoms with Crippen LogP contribution < -0.4 is 4.74 Å². The third kappa shape index (κ3) is 2.38. The Hall–Kier alpha value is -1.31. The molecule has 0 atom stereocenters. The van der Waals surface area contributed by atoms with Gasteiger partial charge in [-0.1, -0.05) is 0 Å². The lowest BCUT2D eigenvalue weighted by Gasteiger charge is -2.04. The molecule has 0 spiro atoms. The van der Waals surface area contributed by atoms with Crippen molar-refractivity contribution >= 4 is 21.7 Å². The van der Waals surface area contributed by atoms with Gasteiger partial charge in [0.2, 0.25) is 0 Å². The Balaban J connectivity index is 3.42. The van der Waals surface area contributed by atoms with E-state index >= 15 is 0 Å². The number of nitro groups is 1. The van der Waals surface area contributed by atoms with Crippen LogP contribution in [-0.4, -0.2) is 17.0 Å². The maximum Gasteiger partial charge on any atom is 0.377 e. The summed E-state index contributed by atoms with van der Waals surface area (Å²) < 4.78 is 29.5. The highest BCUT2D eigenvalue weighted by molar-refractivity contribution is 9.10. The van der Waals surface area contributed by atoms with Gasteiger partial charge in [-0.25, -0.2) is 8.78 Å². The molecule has 0 saturated heterocycles. The monoisotopic (exact) mass is 282 g/mol. The van der Waals surface area contributed by atoms with Crippen LogP contribution in [0.15, 0.2) is 10.5 Å². The highest BCUT2D eigenvalue weighted by Gasteiger charge is 2.28. The zero-order valence-electron chi connectivity index (χ0n) is 7.41. The van der Waals surface area contributed by atoms with Crippen molar-refractivity contribution in [3.8, 4) is 5.88 Å². The Morgan fingerprint density at radius 3 is 2.67 bits per heavy atom. The maximum atomic E-state index is 12.5. The standard InChI is InChI=1S/C7H5BrF2N2O3/c1-15-4-2-3(8)5(6(9)10)7(11-4)12(13)14/h2,6H,1H3. The van der Waals surface area contributed by atoms with Crippen molar-refractivity contribution in [1.82, 2.24) is 4.98 Å². The summed E-state index contributed by atoms with van der Waals surface area (Å²) in [4.78, 5) is 12.8. The zero-order valence-corrected chi connectivity index (χ0v) is 8.99. The van der Waals surface area contributed by atoms with Crippen molar-refractivity contribution < 1.29 is 18.4 Å². The number of hydrogen-bond acceptors (Lipinski definition) is 4. The molecule has 0 saturated carbocycles. The van der Waals surface area contributed by atoms with Gasteiger partial charge in [-0.3, -0.25) is 0 Å². The summed E-state index contributed by atoms with van der Waals surface area (Å²) in [6.45, 7) is 0. The van der Waals surface area contributed by atoms with Crippen LogP contribution in [0.5, 0.6) is 5.88 Å². The second-order valence-corrected chi connectivity index (χ2v) is 3.30. The van der Waals surface area contributed by atoms with Crippen LogP contribution in [0.25, 0.3) is 0 Å². The van der Waals surface area contributed by atoms with Gasteiger partial charge < -0.3 is 14.9 Å². The number of rotatable bonds is 3. The summed E-state index contributed by atoms with van der Waals surface area (Å²) >= 11 is 2.80. The first kappa shape index (κ1) is 11.8. The molecule has 0 fully saturated rings. The molecule has 5 nitrogen and oxygen atoms in total. The normalized spacial score (nSPS) is 10.5. The number of ether oxygens (including phenoxy) is 1. The summed E-state index contributed by atoms with van der Waals surface area (Å²) in [5.74, 6) is -1.01. The van der Waals surface area contributed by atoms with E-state index in [1.807, 2.05) is 0 Å². The smallest absolute Gasteiger partial charge is 0.377 e. The summed E-state index contributed by atoms with van der Waals surface area (Å²) in [6.07, 6.45) is -2.97. The van der Waals surface area contributed by atoms with E-state index in [9.17, 15) is 18.9 Å². The van der Waals surface area contributed by atoms with Crippen molar-refractivity contribution in [2.24, 2.45) is 0 Å². The van der Waals surface area contributed by atoms with Crippen molar-refractivity contribution in [2.75, 3.05) is 7.11 Å². The van der Waals surface area contributed by atoms with E-state index in [1.165, 1.54) is 7.11 Å². The molecule has 0 aliphatic heterocycles. The maximum absolute atomic E-state index is 12.5. The highest BCUT2D eigenvalue weighted by Crippen LogP contribution is 2.35. The van der Waals surface area contributed by atoms with Gasteiger partial charge in [-0.15, -0.1) is 0 Å². The van der Waals surface area contributed by atoms with E-state index in [2.05, 4.69) is 25.7 Å². The van der Waals surface area contributed by atoms with Crippen LogP contribution in [0.4, 0.5) is 14.6 Å². The zero-order chi connectivity index (χ0) is 11.6. The van der Waals surface area contributed by atoms with Crippen LogP contribution in [0, 0.1) is 10.1 Å². The molecular weight excluding hydrogens is 278 g/mol. The number of nitrogens with zero attached hydrogens (tertiary/aromatic N) is 2. The molecule has 1 rings (SSSR count). The van der Waals surface area contributed by atoms with E-state index < -0.39 is 22.7 Å². The van der Waals surface area contributed by atoms with Gasteiger partial charge in [0.1, 0.15) is 5.56 Å². The van der Waals surface area contributed by atoms with Crippen LogP contribution in [0.1, 0.15) is 12.0 Å². The highest BCUT2D eigenvalue weighted by atomic mass is 79.9. The molecule has 0 aliphatic rings. The van der Waals surface area contributed by atoms with Gasteiger partial charge in [0.25, 0.3) is 6.43 Å². The number of alkyl halides is 2. The molecule has 0 aromatic carbocycles. The predicted octanol–water partition coefficient (Wildman–Crippen LogP) is 2.70.